The van der Waals surface area contributed by atoms with Gasteiger partial charge in [-0.1, -0.05) is 29.8 Å². The zero-order chi connectivity index (χ0) is 15.4. The molecule has 0 aliphatic carbocycles. The molecule has 0 fully saturated rings. The van der Waals surface area contributed by atoms with E-state index < -0.39 is 0 Å². The third kappa shape index (κ3) is 4.02. The first-order chi connectivity index (χ1) is 9.97. The van der Waals surface area contributed by atoms with Crippen LogP contribution in [0.3, 0.4) is 0 Å². The van der Waals surface area contributed by atoms with Crippen LogP contribution >= 0.6 is 12.2 Å². The largest absolute Gasteiger partial charge is 0.356 e. The number of hydrogen-bond acceptors (Lipinski definition) is 2. The summed E-state index contributed by atoms with van der Waals surface area (Å²) in [5.41, 5.74) is 4.86. The van der Waals surface area contributed by atoms with E-state index in [4.69, 9.17) is 12.2 Å². The van der Waals surface area contributed by atoms with Gasteiger partial charge in [0.25, 0.3) is 0 Å². The molecule has 2 rings (SSSR count). The highest BCUT2D eigenvalue weighted by atomic mass is 32.1. The summed E-state index contributed by atoms with van der Waals surface area (Å²) in [5.74, 6) is 0.794. The fourth-order valence-electron chi connectivity index (χ4n) is 2.35. The van der Waals surface area contributed by atoms with Crippen LogP contribution in [0.4, 0.5) is 5.82 Å². The molecular weight excluding hydrogens is 278 g/mol. The van der Waals surface area contributed by atoms with E-state index in [1.165, 1.54) is 16.7 Å². The number of nitrogens with one attached hydrogen (secondary N) is 2. The molecular formula is C17H21N3S. The van der Waals surface area contributed by atoms with Gasteiger partial charge in [0, 0.05) is 6.20 Å². The van der Waals surface area contributed by atoms with Crippen LogP contribution in [-0.2, 0) is 0 Å². The van der Waals surface area contributed by atoms with Crippen LogP contribution in [0.2, 0.25) is 0 Å². The molecule has 0 aliphatic rings. The van der Waals surface area contributed by atoms with Gasteiger partial charge >= 0.3 is 0 Å². The van der Waals surface area contributed by atoms with Crippen LogP contribution in [0, 0.1) is 20.8 Å². The zero-order valence-corrected chi connectivity index (χ0v) is 13.7. The topological polar surface area (TPSA) is 37.0 Å². The number of nitrogens with zero attached hydrogens (tertiary/aromatic N) is 1. The van der Waals surface area contributed by atoms with Crippen molar-refractivity contribution < 1.29 is 0 Å². The number of benzene rings is 1. The summed E-state index contributed by atoms with van der Waals surface area (Å²) in [4.78, 5) is 4.29. The Bertz CT molecular complexity index is 652. The molecule has 21 heavy (non-hydrogen) atoms. The Kier molecular flexibility index (Phi) is 4.91. The monoisotopic (exact) mass is 299 g/mol. The summed E-state index contributed by atoms with van der Waals surface area (Å²) in [6, 6.07) is 10.5. The molecule has 2 aromatic rings. The molecule has 4 heteroatoms. The van der Waals surface area contributed by atoms with Crippen LogP contribution in [-0.4, -0.2) is 10.1 Å². The summed E-state index contributed by atoms with van der Waals surface area (Å²) in [6.07, 6.45) is 1.76. The van der Waals surface area contributed by atoms with Gasteiger partial charge in [0.2, 0.25) is 0 Å². The first-order valence-electron chi connectivity index (χ1n) is 7.03. The van der Waals surface area contributed by atoms with Crippen molar-refractivity contribution in [3.63, 3.8) is 0 Å². The highest BCUT2D eigenvalue weighted by Crippen LogP contribution is 2.19. The van der Waals surface area contributed by atoms with E-state index in [-0.39, 0.29) is 6.04 Å². The molecule has 0 amide bonds. The van der Waals surface area contributed by atoms with Crippen molar-refractivity contribution >= 4 is 23.1 Å². The first kappa shape index (κ1) is 15.4. The van der Waals surface area contributed by atoms with Crippen molar-refractivity contribution in [3.05, 3.63) is 58.8 Å². The van der Waals surface area contributed by atoms with Crippen molar-refractivity contribution in [1.82, 2.24) is 10.3 Å². The Morgan fingerprint density at radius 1 is 1.14 bits per heavy atom. The highest BCUT2D eigenvalue weighted by molar-refractivity contribution is 7.80. The van der Waals surface area contributed by atoms with Crippen molar-refractivity contribution in [2.75, 3.05) is 5.32 Å². The molecule has 3 nitrogen and oxygen atoms in total. The Labute approximate surface area is 131 Å². The molecule has 110 valence electrons. The minimum Gasteiger partial charge on any atom is -0.356 e. The van der Waals surface area contributed by atoms with Gasteiger partial charge < -0.3 is 10.6 Å². The smallest absolute Gasteiger partial charge is 0.172 e. The van der Waals surface area contributed by atoms with E-state index in [0.29, 0.717) is 5.11 Å². The van der Waals surface area contributed by atoms with Crippen LogP contribution in [0.5, 0.6) is 0 Å². The number of thiocarbonyl (C=S) groups is 1. The van der Waals surface area contributed by atoms with E-state index in [0.717, 1.165) is 11.4 Å². The Hall–Kier alpha value is -1.94. The second-order valence-electron chi connectivity index (χ2n) is 5.35. The lowest BCUT2D eigenvalue weighted by Crippen LogP contribution is -2.31. The van der Waals surface area contributed by atoms with Crippen molar-refractivity contribution in [3.8, 4) is 0 Å². The average Bonchev–Trinajstić information content (AvgIpc) is 2.41. The van der Waals surface area contributed by atoms with E-state index >= 15 is 0 Å². The molecule has 0 spiro atoms. The minimum atomic E-state index is 0.148. The molecule has 0 aliphatic heterocycles. The molecule has 1 aromatic heterocycles. The SMILES string of the molecule is Cc1ccc([C@@H](C)NC(=S)Nc2ncccc2C)c(C)c1. The predicted octanol–water partition coefficient (Wildman–Crippen LogP) is 4.05. The lowest BCUT2D eigenvalue weighted by Gasteiger charge is -2.19. The molecule has 1 aromatic carbocycles. The van der Waals surface area contributed by atoms with E-state index in [1.807, 2.05) is 19.1 Å². The van der Waals surface area contributed by atoms with Crippen LogP contribution in [0.1, 0.15) is 35.2 Å². The quantitative estimate of drug-likeness (QED) is 0.838. The maximum atomic E-state index is 5.38. The number of aryl methyl sites for hydroxylation is 3. The van der Waals surface area contributed by atoms with Gasteiger partial charge in [-0.2, -0.15) is 0 Å². The Morgan fingerprint density at radius 2 is 1.90 bits per heavy atom. The van der Waals surface area contributed by atoms with Crippen LogP contribution in [0.25, 0.3) is 0 Å². The molecule has 0 unspecified atom stereocenters. The molecule has 2 N–H and O–H groups in total. The predicted molar refractivity (Wildman–Crippen MR) is 92.7 cm³/mol. The lowest BCUT2D eigenvalue weighted by molar-refractivity contribution is 0.716. The van der Waals surface area contributed by atoms with Crippen molar-refractivity contribution in [2.24, 2.45) is 0 Å². The summed E-state index contributed by atoms with van der Waals surface area (Å²) in [6.45, 7) is 8.34. The summed E-state index contributed by atoms with van der Waals surface area (Å²) in [5, 5.41) is 7.05. The van der Waals surface area contributed by atoms with Crippen molar-refractivity contribution in [2.45, 2.75) is 33.7 Å². The fraction of sp³-hybridized carbons (Fsp3) is 0.294. The Balaban J connectivity index is 2.04. The Morgan fingerprint density at radius 3 is 2.57 bits per heavy atom. The third-order valence-electron chi connectivity index (χ3n) is 3.48. The molecule has 1 heterocycles. The average molecular weight is 299 g/mol. The van der Waals surface area contributed by atoms with Crippen LogP contribution < -0.4 is 10.6 Å². The molecule has 0 saturated heterocycles. The number of hydrogen-bond donors (Lipinski definition) is 2. The fourth-order valence-corrected chi connectivity index (χ4v) is 2.62. The van der Waals surface area contributed by atoms with Gasteiger partial charge in [-0.25, -0.2) is 4.98 Å². The number of anilines is 1. The summed E-state index contributed by atoms with van der Waals surface area (Å²) < 4.78 is 0. The van der Waals surface area contributed by atoms with Gasteiger partial charge in [-0.3, -0.25) is 0 Å². The second kappa shape index (κ2) is 6.68. The van der Waals surface area contributed by atoms with Gasteiger partial charge in [0.05, 0.1) is 6.04 Å². The molecule has 0 bridgehead atoms. The standard InChI is InChI=1S/C17H21N3S/c1-11-7-8-15(13(3)10-11)14(4)19-17(21)20-16-12(2)6-5-9-18-16/h5-10,14H,1-4H3,(H2,18,19,20,21)/t14-/m1/s1. The lowest BCUT2D eigenvalue weighted by atomic mass is 10.0. The van der Waals surface area contributed by atoms with Crippen LogP contribution in [0.15, 0.2) is 36.5 Å². The third-order valence-corrected chi connectivity index (χ3v) is 3.70. The minimum absolute atomic E-state index is 0.148. The molecule has 0 radical (unpaired) electrons. The first-order valence-corrected chi connectivity index (χ1v) is 7.44. The van der Waals surface area contributed by atoms with E-state index in [2.05, 4.69) is 54.6 Å². The highest BCUT2D eigenvalue weighted by Gasteiger charge is 2.10. The van der Waals surface area contributed by atoms with Gasteiger partial charge in [-0.15, -0.1) is 0 Å². The summed E-state index contributed by atoms with van der Waals surface area (Å²) >= 11 is 5.38. The van der Waals surface area contributed by atoms with Crippen molar-refractivity contribution in [1.29, 1.82) is 0 Å². The molecule has 1 atom stereocenters. The number of pyridine rings is 1. The molecule has 0 saturated carbocycles. The normalized spacial score (nSPS) is 11.8. The zero-order valence-electron chi connectivity index (χ0n) is 12.9. The number of aromatic nitrogens is 1. The number of rotatable bonds is 3. The maximum absolute atomic E-state index is 5.38. The summed E-state index contributed by atoms with van der Waals surface area (Å²) in [7, 11) is 0. The second-order valence-corrected chi connectivity index (χ2v) is 5.76. The van der Waals surface area contributed by atoms with E-state index in [9.17, 15) is 0 Å². The maximum Gasteiger partial charge on any atom is 0.172 e. The van der Waals surface area contributed by atoms with Gasteiger partial charge in [0.1, 0.15) is 5.82 Å². The van der Waals surface area contributed by atoms with Gasteiger partial charge in [0.15, 0.2) is 5.11 Å². The van der Waals surface area contributed by atoms with Gasteiger partial charge in [-0.05, 0) is 62.7 Å². The van der Waals surface area contributed by atoms with E-state index in [1.54, 1.807) is 6.20 Å².